The Hall–Kier alpha value is -2.96. The number of nitrogens with two attached hydrogens (primary N) is 1. The Morgan fingerprint density at radius 1 is 1.20 bits per heavy atom. The van der Waals surface area contributed by atoms with Crippen molar-refractivity contribution in [2.24, 2.45) is 7.05 Å². The normalized spacial score (nSPS) is 10.3. The van der Waals surface area contributed by atoms with Crippen LogP contribution in [0.5, 0.6) is 0 Å². The van der Waals surface area contributed by atoms with Gasteiger partial charge in [0.2, 0.25) is 0 Å². The van der Waals surface area contributed by atoms with Crippen molar-refractivity contribution in [3.63, 3.8) is 0 Å². The van der Waals surface area contributed by atoms with Crippen LogP contribution in [0.4, 0.5) is 21.9 Å². The molecule has 0 aliphatic carbocycles. The van der Waals surface area contributed by atoms with Crippen LogP contribution in [0.15, 0.2) is 36.5 Å². The van der Waals surface area contributed by atoms with Gasteiger partial charge in [0.15, 0.2) is 6.29 Å². The maximum absolute atomic E-state index is 11.4. The van der Waals surface area contributed by atoms with Crippen molar-refractivity contribution in [2.75, 3.05) is 23.4 Å². The number of ether oxygens (including phenoxy) is 1. The molecule has 0 atom stereocenters. The number of nitrogens with zero attached hydrogens (tertiary/aromatic N) is 1. The molecule has 25 heavy (non-hydrogen) atoms. The van der Waals surface area contributed by atoms with Crippen LogP contribution in [0.2, 0.25) is 0 Å². The molecule has 2 rings (SSSR count). The lowest BCUT2D eigenvalue weighted by Crippen LogP contribution is -2.27. The standard InChI is InChI=1S/C11H16N2O3.C7H10N2/c1-11(2,3)16-10(15)12-8-5-9(7-14)13(4)6-8;1-9-7-4-2-6(8)3-5-7/h5-7H,1-4H3,(H,12,15);2-5,9H,8H2,1H3. The number of hydrogen-bond donors (Lipinski definition) is 3. The molecular weight excluding hydrogens is 320 g/mol. The Balaban J connectivity index is 0.000000293. The van der Waals surface area contributed by atoms with Gasteiger partial charge in [-0.25, -0.2) is 4.79 Å². The summed E-state index contributed by atoms with van der Waals surface area (Å²) in [6, 6.07) is 9.19. The number of nitrogen functional groups attached to an aromatic ring is 1. The number of aldehydes is 1. The fraction of sp³-hybridized carbons (Fsp3) is 0.333. The average molecular weight is 346 g/mol. The third kappa shape index (κ3) is 7.43. The minimum absolute atomic E-state index is 0.492. The maximum atomic E-state index is 11.4. The van der Waals surface area contributed by atoms with Crippen molar-refractivity contribution < 1.29 is 14.3 Å². The number of amides is 1. The molecule has 1 amide bonds. The fourth-order valence-corrected chi connectivity index (χ4v) is 1.84. The van der Waals surface area contributed by atoms with Crippen LogP contribution < -0.4 is 16.4 Å². The van der Waals surface area contributed by atoms with Crippen LogP contribution in [0, 0.1) is 0 Å². The van der Waals surface area contributed by atoms with E-state index in [1.54, 1.807) is 44.6 Å². The number of nitrogens with one attached hydrogen (secondary N) is 2. The fourth-order valence-electron chi connectivity index (χ4n) is 1.84. The molecule has 0 aliphatic rings. The summed E-state index contributed by atoms with van der Waals surface area (Å²) in [5.41, 5.74) is 7.84. The quantitative estimate of drug-likeness (QED) is 0.584. The van der Waals surface area contributed by atoms with Gasteiger partial charge in [0, 0.05) is 31.7 Å². The topological polar surface area (TPSA) is 98.4 Å². The maximum Gasteiger partial charge on any atom is 0.412 e. The van der Waals surface area contributed by atoms with Crippen LogP contribution >= 0.6 is 0 Å². The van der Waals surface area contributed by atoms with Gasteiger partial charge in [-0.2, -0.15) is 0 Å². The van der Waals surface area contributed by atoms with Crippen LogP contribution in [-0.4, -0.2) is 29.6 Å². The summed E-state index contributed by atoms with van der Waals surface area (Å²) >= 11 is 0. The van der Waals surface area contributed by atoms with E-state index < -0.39 is 11.7 Å². The molecule has 0 spiro atoms. The molecule has 0 saturated heterocycles. The number of carbonyl (C=O) groups is 2. The lowest BCUT2D eigenvalue weighted by molar-refractivity contribution is 0.0635. The molecule has 0 unspecified atom stereocenters. The van der Waals surface area contributed by atoms with Gasteiger partial charge in [-0.3, -0.25) is 10.1 Å². The second kappa shape index (κ2) is 8.77. The van der Waals surface area contributed by atoms with Crippen LogP contribution in [0.1, 0.15) is 31.3 Å². The summed E-state index contributed by atoms with van der Waals surface area (Å²) in [4.78, 5) is 22.0. The molecule has 1 heterocycles. The van der Waals surface area contributed by atoms with Gasteiger partial charge in [-0.15, -0.1) is 0 Å². The van der Waals surface area contributed by atoms with E-state index in [0.29, 0.717) is 11.4 Å². The van der Waals surface area contributed by atoms with E-state index in [-0.39, 0.29) is 0 Å². The van der Waals surface area contributed by atoms with Crippen molar-refractivity contribution in [3.05, 3.63) is 42.2 Å². The highest BCUT2D eigenvalue weighted by molar-refractivity contribution is 5.86. The predicted molar refractivity (Wildman–Crippen MR) is 101 cm³/mol. The van der Waals surface area contributed by atoms with Crippen molar-refractivity contribution in [2.45, 2.75) is 26.4 Å². The van der Waals surface area contributed by atoms with E-state index in [0.717, 1.165) is 17.7 Å². The Morgan fingerprint density at radius 3 is 2.24 bits per heavy atom. The van der Waals surface area contributed by atoms with E-state index in [4.69, 9.17) is 10.5 Å². The molecule has 0 bridgehead atoms. The molecule has 136 valence electrons. The van der Waals surface area contributed by atoms with Crippen molar-refractivity contribution in [1.29, 1.82) is 0 Å². The molecule has 0 aliphatic heterocycles. The molecule has 1 aromatic heterocycles. The number of aromatic nitrogens is 1. The molecule has 2 aromatic rings. The molecule has 1 aromatic carbocycles. The number of benzene rings is 1. The van der Waals surface area contributed by atoms with E-state index in [9.17, 15) is 9.59 Å². The average Bonchev–Trinajstić information content (AvgIpc) is 2.86. The lowest BCUT2D eigenvalue weighted by atomic mass is 10.2. The molecule has 7 nitrogen and oxygen atoms in total. The van der Waals surface area contributed by atoms with Crippen molar-refractivity contribution in [3.8, 4) is 0 Å². The van der Waals surface area contributed by atoms with Gasteiger partial charge in [-0.1, -0.05) is 0 Å². The van der Waals surface area contributed by atoms with Gasteiger partial charge < -0.3 is 20.4 Å². The highest BCUT2D eigenvalue weighted by Gasteiger charge is 2.16. The number of anilines is 3. The van der Waals surface area contributed by atoms with E-state index in [2.05, 4.69) is 10.6 Å². The highest BCUT2D eigenvalue weighted by atomic mass is 16.6. The summed E-state index contributed by atoms with van der Waals surface area (Å²) in [6.45, 7) is 5.36. The SMILES string of the molecule is CNc1ccc(N)cc1.Cn1cc(NC(=O)OC(C)(C)C)cc1C=O. The van der Waals surface area contributed by atoms with E-state index >= 15 is 0 Å². The summed E-state index contributed by atoms with van der Waals surface area (Å²) in [5, 5.41) is 5.55. The predicted octanol–water partition coefficient (Wildman–Crippen LogP) is 3.50. The first-order valence-electron chi connectivity index (χ1n) is 7.79. The molecule has 7 heteroatoms. The van der Waals surface area contributed by atoms with Gasteiger partial charge in [0.1, 0.15) is 5.60 Å². The zero-order chi connectivity index (χ0) is 19.0. The second-order valence-electron chi connectivity index (χ2n) is 6.38. The first-order chi connectivity index (χ1) is 11.6. The minimum Gasteiger partial charge on any atom is -0.444 e. The van der Waals surface area contributed by atoms with Crippen LogP contribution in [0.3, 0.4) is 0 Å². The first kappa shape index (κ1) is 20.1. The van der Waals surface area contributed by atoms with Crippen LogP contribution in [0.25, 0.3) is 0 Å². The largest absolute Gasteiger partial charge is 0.444 e. The van der Waals surface area contributed by atoms with E-state index in [1.165, 1.54) is 0 Å². The number of carbonyl (C=O) groups excluding carboxylic acids is 2. The summed E-state index contributed by atoms with van der Waals surface area (Å²) < 4.78 is 6.70. The Bertz CT molecular complexity index is 700. The van der Waals surface area contributed by atoms with Gasteiger partial charge in [0.05, 0.1) is 11.4 Å². The second-order valence-corrected chi connectivity index (χ2v) is 6.38. The van der Waals surface area contributed by atoms with Gasteiger partial charge in [-0.05, 0) is 51.1 Å². The molecule has 0 saturated carbocycles. The minimum atomic E-state index is -0.535. The van der Waals surface area contributed by atoms with Crippen LogP contribution in [-0.2, 0) is 11.8 Å². The van der Waals surface area contributed by atoms with E-state index in [1.807, 2.05) is 31.3 Å². The smallest absolute Gasteiger partial charge is 0.412 e. The summed E-state index contributed by atoms with van der Waals surface area (Å²) in [7, 11) is 3.61. The summed E-state index contributed by atoms with van der Waals surface area (Å²) in [6.07, 6.45) is 1.84. The zero-order valence-electron chi connectivity index (χ0n) is 15.3. The first-order valence-corrected chi connectivity index (χ1v) is 7.79. The Morgan fingerprint density at radius 2 is 1.80 bits per heavy atom. The highest BCUT2D eigenvalue weighted by Crippen LogP contribution is 2.14. The van der Waals surface area contributed by atoms with Crippen molar-refractivity contribution >= 4 is 29.4 Å². The Kier molecular flexibility index (Phi) is 7.05. The monoisotopic (exact) mass is 346 g/mol. The zero-order valence-corrected chi connectivity index (χ0v) is 15.3. The third-order valence-electron chi connectivity index (χ3n) is 3.01. The molecule has 4 N–H and O–H groups in total. The molecule has 0 radical (unpaired) electrons. The molecule has 0 fully saturated rings. The lowest BCUT2D eigenvalue weighted by Gasteiger charge is -2.19. The van der Waals surface area contributed by atoms with Crippen molar-refractivity contribution in [1.82, 2.24) is 4.57 Å². The van der Waals surface area contributed by atoms with Gasteiger partial charge in [0.25, 0.3) is 0 Å². The number of aryl methyl sites for hydroxylation is 1. The third-order valence-corrected chi connectivity index (χ3v) is 3.01. The summed E-state index contributed by atoms with van der Waals surface area (Å²) in [5.74, 6) is 0. The molecular formula is C18H26N4O3. The number of hydrogen-bond acceptors (Lipinski definition) is 5. The Labute approximate surface area is 148 Å². The van der Waals surface area contributed by atoms with Gasteiger partial charge >= 0.3 is 6.09 Å². The number of rotatable bonds is 3.